The van der Waals surface area contributed by atoms with Crippen molar-refractivity contribution in [2.75, 3.05) is 26.3 Å². The van der Waals surface area contributed by atoms with Crippen molar-refractivity contribution < 1.29 is 19.2 Å². The van der Waals surface area contributed by atoms with Crippen molar-refractivity contribution in [3.8, 4) is 0 Å². The van der Waals surface area contributed by atoms with Crippen LogP contribution in [0.15, 0.2) is 0 Å². The van der Waals surface area contributed by atoms with Gasteiger partial charge >= 0.3 is 5.97 Å². The van der Waals surface area contributed by atoms with Gasteiger partial charge in [-0.15, -0.1) is 5.06 Å². The number of hydrogen-bond donors (Lipinski definition) is 1. The molecule has 0 saturated carbocycles. The van der Waals surface area contributed by atoms with E-state index in [0.29, 0.717) is 32.7 Å². The first-order chi connectivity index (χ1) is 7.66. The van der Waals surface area contributed by atoms with Crippen LogP contribution in [0.3, 0.4) is 0 Å². The molecule has 90 valence electrons. The Morgan fingerprint density at radius 1 is 1.50 bits per heavy atom. The zero-order valence-electron chi connectivity index (χ0n) is 9.27. The minimum absolute atomic E-state index is 0.0797. The standard InChI is InChI=1S/C10H16N2O4/c1-7-6-8(11-9(7)13)10(14)16-12-2-4-15-5-3-12/h7-8H,2-6H2,1H3,(H,11,13)/t7-,8+/m1/s1. The van der Waals surface area contributed by atoms with E-state index in [1.807, 2.05) is 0 Å². The van der Waals surface area contributed by atoms with E-state index in [-0.39, 0.29) is 17.8 Å². The van der Waals surface area contributed by atoms with Gasteiger partial charge in [0.2, 0.25) is 5.91 Å². The molecule has 2 aliphatic rings. The second-order valence-electron chi connectivity index (χ2n) is 4.15. The van der Waals surface area contributed by atoms with Crippen molar-refractivity contribution in [3.63, 3.8) is 0 Å². The van der Waals surface area contributed by atoms with Crippen molar-refractivity contribution in [2.45, 2.75) is 19.4 Å². The highest BCUT2D eigenvalue weighted by atomic mass is 16.7. The van der Waals surface area contributed by atoms with Gasteiger partial charge in [-0.2, -0.15) is 0 Å². The first-order valence-electron chi connectivity index (χ1n) is 5.51. The summed E-state index contributed by atoms with van der Waals surface area (Å²) in [5.74, 6) is -0.564. The summed E-state index contributed by atoms with van der Waals surface area (Å²) in [5.41, 5.74) is 0. The molecule has 0 radical (unpaired) electrons. The zero-order valence-corrected chi connectivity index (χ0v) is 9.27. The first-order valence-corrected chi connectivity index (χ1v) is 5.51. The second-order valence-corrected chi connectivity index (χ2v) is 4.15. The lowest BCUT2D eigenvalue weighted by atomic mass is 10.1. The average molecular weight is 228 g/mol. The van der Waals surface area contributed by atoms with Gasteiger partial charge < -0.3 is 14.9 Å². The Kier molecular flexibility index (Phi) is 3.40. The highest BCUT2D eigenvalue weighted by molar-refractivity contribution is 5.89. The predicted molar refractivity (Wildman–Crippen MR) is 54.2 cm³/mol. The summed E-state index contributed by atoms with van der Waals surface area (Å²) in [4.78, 5) is 28.1. The minimum Gasteiger partial charge on any atom is -0.379 e. The Bertz CT molecular complexity index is 289. The van der Waals surface area contributed by atoms with Crippen molar-refractivity contribution >= 4 is 11.9 Å². The number of amides is 1. The maximum atomic E-state index is 11.7. The number of morpholine rings is 1. The monoisotopic (exact) mass is 228 g/mol. The molecule has 2 aliphatic heterocycles. The highest BCUT2D eigenvalue weighted by Gasteiger charge is 2.35. The van der Waals surface area contributed by atoms with Crippen LogP contribution < -0.4 is 5.32 Å². The van der Waals surface area contributed by atoms with E-state index >= 15 is 0 Å². The quantitative estimate of drug-likeness (QED) is 0.677. The summed E-state index contributed by atoms with van der Waals surface area (Å²) in [6.45, 7) is 4.11. The number of nitrogens with one attached hydrogen (secondary N) is 1. The topological polar surface area (TPSA) is 67.9 Å². The van der Waals surface area contributed by atoms with Gasteiger partial charge in [0, 0.05) is 5.92 Å². The van der Waals surface area contributed by atoms with E-state index in [2.05, 4.69) is 5.32 Å². The van der Waals surface area contributed by atoms with Gasteiger partial charge in [0.1, 0.15) is 6.04 Å². The number of ether oxygens (including phenoxy) is 1. The van der Waals surface area contributed by atoms with Gasteiger partial charge in [-0.25, -0.2) is 4.79 Å². The van der Waals surface area contributed by atoms with Crippen molar-refractivity contribution in [1.82, 2.24) is 10.4 Å². The summed E-state index contributed by atoms with van der Waals surface area (Å²) in [6.07, 6.45) is 0.516. The largest absolute Gasteiger partial charge is 0.379 e. The van der Waals surface area contributed by atoms with Crippen molar-refractivity contribution in [2.24, 2.45) is 5.92 Å². The van der Waals surface area contributed by atoms with E-state index in [1.165, 1.54) is 0 Å². The van der Waals surface area contributed by atoms with Crippen molar-refractivity contribution in [1.29, 1.82) is 0 Å². The molecule has 1 amide bonds. The van der Waals surface area contributed by atoms with Crippen LogP contribution in [0.4, 0.5) is 0 Å². The van der Waals surface area contributed by atoms with Gasteiger partial charge in [0.05, 0.1) is 26.3 Å². The predicted octanol–water partition coefficient (Wildman–Crippen LogP) is -0.699. The lowest BCUT2D eigenvalue weighted by Crippen LogP contribution is -2.43. The molecule has 2 atom stereocenters. The third kappa shape index (κ3) is 2.51. The number of hydroxylamine groups is 2. The maximum absolute atomic E-state index is 11.7. The third-order valence-corrected chi connectivity index (χ3v) is 2.83. The molecule has 2 heterocycles. The second kappa shape index (κ2) is 4.80. The van der Waals surface area contributed by atoms with E-state index in [9.17, 15) is 9.59 Å². The molecule has 0 bridgehead atoms. The van der Waals surface area contributed by atoms with Crippen LogP contribution in [-0.4, -0.2) is 49.3 Å². The first kappa shape index (κ1) is 11.3. The highest BCUT2D eigenvalue weighted by Crippen LogP contribution is 2.16. The average Bonchev–Trinajstić information content (AvgIpc) is 2.61. The minimum atomic E-state index is -0.495. The SMILES string of the molecule is C[C@@H]1C[C@@H](C(=O)ON2CCOCC2)NC1=O. The van der Waals surface area contributed by atoms with Crippen LogP contribution in [-0.2, 0) is 19.2 Å². The van der Waals surface area contributed by atoms with Crippen LogP contribution in [0, 0.1) is 5.92 Å². The maximum Gasteiger partial charge on any atom is 0.347 e. The zero-order chi connectivity index (χ0) is 11.5. The molecule has 2 saturated heterocycles. The lowest BCUT2D eigenvalue weighted by molar-refractivity contribution is -0.207. The number of carbonyl (C=O) groups excluding carboxylic acids is 2. The van der Waals surface area contributed by atoms with E-state index in [0.717, 1.165) is 0 Å². The molecule has 1 N–H and O–H groups in total. The lowest BCUT2D eigenvalue weighted by Gasteiger charge is -2.26. The van der Waals surface area contributed by atoms with Crippen LogP contribution >= 0.6 is 0 Å². The van der Waals surface area contributed by atoms with Gasteiger partial charge in [-0.05, 0) is 6.42 Å². The number of rotatable bonds is 2. The Hall–Kier alpha value is -1.14. The third-order valence-electron chi connectivity index (χ3n) is 2.83. The molecule has 0 aromatic rings. The number of hydrogen-bond acceptors (Lipinski definition) is 5. The van der Waals surface area contributed by atoms with Gasteiger partial charge in [0.25, 0.3) is 0 Å². The molecule has 0 aliphatic carbocycles. The normalized spacial score (nSPS) is 31.2. The molecule has 2 fully saturated rings. The Morgan fingerprint density at radius 2 is 2.19 bits per heavy atom. The van der Waals surface area contributed by atoms with Crippen LogP contribution in [0.25, 0.3) is 0 Å². The summed E-state index contributed by atoms with van der Waals surface area (Å²) in [5, 5.41) is 4.21. The molecule has 0 aromatic carbocycles. The van der Waals surface area contributed by atoms with Crippen LogP contribution in [0.5, 0.6) is 0 Å². The molecule has 6 heteroatoms. The molecule has 6 nitrogen and oxygen atoms in total. The van der Waals surface area contributed by atoms with E-state index in [4.69, 9.17) is 9.57 Å². The summed E-state index contributed by atoms with van der Waals surface area (Å²) >= 11 is 0. The van der Waals surface area contributed by atoms with Gasteiger partial charge in [-0.1, -0.05) is 6.92 Å². The number of nitrogens with zero attached hydrogens (tertiary/aromatic N) is 1. The molecule has 16 heavy (non-hydrogen) atoms. The molecule has 0 aromatic heterocycles. The summed E-state index contributed by atoms with van der Waals surface area (Å²) < 4.78 is 5.14. The van der Waals surface area contributed by atoms with Gasteiger partial charge in [0.15, 0.2) is 0 Å². The Labute approximate surface area is 93.8 Å². The molecule has 0 spiro atoms. The molecule has 2 rings (SSSR count). The van der Waals surface area contributed by atoms with Gasteiger partial charge in [-0.3, -0.25) is 4.79 Å². The smallest absolute Gasteiger partial charge is 0.347 e. The van der Waals surface area contributed by atoms with Crippen molar-refractivity contribution in [3.05, 3.63) is 0 Å². The number of carbonyl (C=O) groups is 2. The van der Waals surface area contributed by atoms with E-state index in [1.54, 1.807) is 12.0 Å². The van der Waals surface area contributed by atoms with Crippen LogP contribution in [0.2, 0.25) is 0 Å². The fourth-order valence-electron chi connectivity index (χ4n) is 1.82. The summed E-state index contributed by atoms with van der Waals surface area (Å²) in [7, 11) is 0. The fourth-order valence-corrected chi connectivity index (χ4v) is 1.82. The molecular weight excluding hydrogens is 212 g/mol. The van der Waals surface area contributed by atoms with Crippen LogP contribution in [0.1, 0.15) is 13.3 Å². The molecule has 0 unspecified atom stereocenters. The fraction of sp³-hybridized carbons (Fsp3) is 0.800. The Balaban J connectivity index is 1.81. The Morgan fingerprint density at radius 3 is 2.75 bits per heavy atom. The van der Waals surface area contributed by atoms with E-state index < -0.39 is 6.04 Å². The molecular formula is C10H16N2O4. The summed E-state index contributed by atoms with van der Waals surface area (Å²) in [6, 6.07) is -0.495.